The molecule has 0 unspecified atom stereocenters. The van der Waals surface area contributed by atoms with Gasteiger partial charge < -0.3 is 9.88 Å². The summed E-state index contributed by atoms with van der Waals surface area (Å²) in [6.45, 7) is 6.56. The number of imidazole rings is 1. The highest BCUT2D eigenvalue weighted by molar-refractivity contribution is 5.94. The van der Waals surface area contributed by atoms with Crippen molar-refractivity contribution in [3.8, 4) is 0 Å². The number of carbonyl (C=O) groups is 1. The largest absolute Gasteiger partial charge is 0.347 e. The molecule has 1 aromatic heterocycles. The number of hydrogen-bond acceptors (Lipinski definition) is 3. The number of piperidine rings is 2. The Morgan fingerprint density at radius 3 is 2.43 bits per heavy atom. The molecule has 1 amide bonds. The van der Waals surface area contributed by atoms with Gasteiger partial charge in [-0.3, -0.25) is 9.69 Å². The Balaban J connectivity index is 1.25. The molecule has 2 aliphatic rings. The zero-order valence-corrected chi connectivity index (χ0v) is 16.5. The van der Waals surface area contributed by atoms with Crippen LogP contribution in [0.15, 0.2) is 30.7 Å². The summed E-state index contributed by atoms with van der Waals surface area (Å²) in [6, 6.07) is 4.66. The van der Waals surface area contributed by atoms with Crippen LogP contribution in [0, 0.1) is 24.6 Å². The predicted molar refractivity (Wildman–Crippen MR) is 106 cm³/mol. The standard InChI is InChI=1S/C22H29FN4O/c1-16-12-19(2-3-21(16)23)22(28)27-10-6-18(7-11-27)17-4-8-26(9-5-17)14-20-13-24-15-25-20/h2-3,12-13,15,17-18H,4-11,14H2,1H3,(H,24,25). The summed E-state index contributed by atoms with van der Waals surface area (Å²) in [4.78, 5) is 24.4. The van der Waals surface area contributed by atoms with Gasteiger partial charge in [-0.25, -0.2) is 9.37 Å². The number of benzene rings is 1. The average Bonchev–Trinajstić information content (AvgIpc) is 3.23. The van der Waals surface area contributed by atoms with Crippen molar-refractivity contribution in [1.82, 2.24) is 19.8 Å². The fourth-order valence-corrected chi connectivity index (χ4v) is 4.73. The smallest absolute Gasteiger partial charge is 0.253 e. The normalized spacial score (nSPS) is 19.9. The van der Waals surface area contributed by atoms with Crippen molar-refractivity contribution < 1.29 is 9.18 Å². The quantitative estimate of drug-likeness (QED) is 0.876. The molecule has 1 N–H and O–H groups in total. The Labute approximate surface area is 165 Å². The summed E-state index contributed by atoms with van der Waals surface area (Å²) < 4.78 is 13.5. The number of aromatic amines is 1. The minimum absolute atomic E-state index is 0.0379. The van der Waals surface area contributed by atoms with Crippen LogP contribution >= 0.6 is 0 Å². The molecular weight excluding hydrogens is 355 g/mol. The van der Waals surface area contributed by atoms with E-state index in [1.54, 1.807) is 25.4 Å². The number of aryl methyl sites for hydroxylation is 1. The Bertz CT molecular complexity index is 791. The maximum atomic E-state index is 13.5. The third kappa shape index (κ3) is 4.27. The molecule has 2 fully saturated rings. The van der Waals surface area contributed by atoms with E-state index in [4.69, 9.17) is 0 Å². The zero-order valence-electron chi connectivity index (χ0n) is 16.5. The molecule has 150 valence electrons. The maximum Gasteiger partial charge on any atom is 0.253 e. The molecule has 5 nitrogen and oxygen atoms in total. The molecule has 0 bridgehead atoms. The molecule has 0 radical (unpaired) electrons. The molecule has 2 aliphatic heterocycles. The second-order valence-electron chi connectivity index (χ2n) is 8.28. The summed E-state index contributed by atoms with van der Waals surface area (Å²) in [5.41, 5.74) is 2.31. The summed E-state index contributed by atoms with van der Waals surface area (Å²) >= 11 is 0. The molecule has 0 spiro atoms. The lowest BCUT2D eigenvalue weighted by Gasteiger charge is -2.40. The van der Waals surface area contributed by atoms with E-state index in [1.807, 2.05) is 11.1 Å². The van der Waals surface area contributed by atoms with Gasteiger partial charge in [0.1, 0.15) is 5.82 Å². The average molecular weight is 384 g/mol. The van der Waals surface area contributed by atoms with Gasteiger partial charge >= 0.3 is 0 Å². The predicted octanol–water partition coefficient (Wildman–Crippen LogP) is 3.62. The van der Waals surface area contributed by atoms with Crippen LogP contribution in [0.3, 0.4) is 0 Å². The highest BCUT2D eigenvalue weighted by atomic mass is 19.1. The molecule has 0 aliphatic carbocycles. The summed E-state index contributed by atoms with van der Waals surface area (Å²) in [5.74, 6) is 1.27. The zero-order chi connectivity index (χ0) is 19.5. The second kappa shape index (κ2) is 8.43. The number of carbonyl (C=O) groups excluding carboxylic acids is 1. The molecule has 2 aromatic rings. The van der Waals surface area contributed by atoms with E-state index >= 15 is 0 Å². The minimum atomic E-state index is -0.255. The first-order chi connectivity index (χ1) is 13.6. The fraction of sp³-hybridized carbons (Fsp3) is 0.545. The first-order valence-corrected chi connectivity index (χ1v) is 10.3. The number of H-pyrrole nitrogens is 1. The van der Waals surface area contributed by atoms with Crippen LogP contribution in [0.5, 0.6) is 0 Å². The van der Waals surface area contributed by atoms with Crippen LogP contribution in [0.1, 0.15) is 47.3 Å². The van der Waals surface area contributed by atoms with Crippen molar-refractivity contribution in [1.29, 1.82) is 0 Å². The Morgan fingerprint density at radius 1 is 1.14 bits per heavy atom. The molecule has 4 rings (SSSR count). The van der Waals surface area contributed by atoms with E-state index in [1.165, 1.54) is 24.6 Å². The number of nitrogens with one attached hydrogen (secondary N) is 1. The maximum absolute atomic E-state index is 13.5. The summed E-state index contributed by atoms with van der Waals surface area (Å²) in [6.07, 6.45) is 8.29. The fourth-order valence-electron chi connectivity index (χ4n) is 4.73. The monoisotopic (exact) mass is 384 g/mol. The third-order valence-electron chi connectivity index (χ3n) is 6.48. The Hall–Kier alpha value is -2.21. The molecule has 3 heterocycles. The lowest BCUT2D eigenvalue weighted by atomic mass is 9.78. The highest BCUT2D eigenvalue weighted by Gasteiger charge is 2.31. The molecule has 0 saturated carbocycles. The van der Waals surface area contributed by atoms with Crippen LogP contribution in [0.2, 0.25) is 0 Å². The number of halogens is 1. The van der Waals surface area contributed by atoms with Gasteiger partial charge in [-0.05, 0) is 81.3 Å². The molecule has 6 heteroatoms. The number of nitrogens with zero attached hydrogens (tertiary/aromatic N) is 3. The van der Waals surface area contributed by atoms with E-state index in [-0.39, 0.29) is 11.7 Å². The van der Waals surface area contributed by atoms with E-state index < -0.39 is 0 Å². The van der Waals surface area contributed by atoms with Crippen molar-refractivity contribution in [3.05, 3.63) is 53.4 Å². The third-order valence-corrected chi connectivity index (χ3v) is 6.48. The summed E-state index contributed by atoms with van der Waals surface area (Å²) in [5, 5.41) is 0. The number of hydrogen-bond donors (Lipinski definition) is 1. The lowest BCUT2D eigenvalue weighted by molar-refractivity contribution is 0.0598. The van der Waals surface area contributed by atoms with Gasteiger partial charge in [0.05, 0.1) is 6.33 Å². The van der Waals surface area contributed by atoms with E-state index in [0.29, 0.717) is 17.0 Å². The number of rotatable bonds is 4. The first kappa shape index (κ1) is 19.1. The summed E-state index contributed by atoms with van der Waals surface area (Å²) in [7, 11) is 0. The van der Waals surface area contributed by atoms with Gasteiger partial charge in [0.2, 0.25) is 0 Å². The van der Waals surface area contributed by atoms with Gasteiger partial charge in [-0.15, -0.1) is 0 Å². The molecule has 2 saturated heterocycles. The lowest BCUT2D eigenvalue weighted by Crippen LogP contribution is -2.42. The second-order valence-corrected chi connectivity index (χ2v) is 8.28. The highest BCUT2D eigenvalue weighted by Crippen LogP contribution is 2.33. The SMILES string of the molecule is Cc1cc(C(=O)N2CCC(C3CCN(Cc4cnc[nH]4)CC3)CC2)ccc1F. The van der Waals surface area contributed by atoms with Gasteiger partial charge in [-0.1, -0.05) is 0 Å². The van der Waals surface area contributed by atoms with Crippen molar-refractivity contribution in [2.24, 2.45) is 11.8 Å². The van der Waals surface area contributed by atoms with Gasteiger partial charge in [-0.2, -0.15) is 0 Å². The molecule has 28 heavy (non-hydrogen) atoms. The van der Waals surface area contributed by atoms with E-state index in [0.717, 1.165) is 51.5 Å². The van der Waals surface area contributed by atoms with E-state index in [2.05, 4.69) is 14.9 Å². The minimum Gasteiger partial charge on any atom is -0.347 e. The van der Waals surface area contributed by atoms with Crippen LogP contribution in [-0.4, -0.2) is 51.9 Å². The number of likely N-dealkylation sites (tertiary alicyclic amines) is 2. The topological polar surface area (TPSA) is 52.2 Å². The Morgan fingerprint density at radius 2 is 1.82 bits per heavy atom. The van der Waals surface area contributed by atoms with Gasteiger partial charge in [0.25, 0.3) is 5.91 Å². The van der Waals surface area contributed by atoms with Crippen molar-refractivity contribution in [2.45, 2.75) is 39.2 Å². The Kier molecular flexibility index (Phi) is 5.76. The van der Waals surface area contributed by atoms with Gasteiger partial charge in [0.15, 0.2) is 0 Å². The van der Waals surface area contributed by atoms with Crippen LogP contribution in [0.25, 0.3) is 0 Å². The van der Waals surface area contributed by atoms with Crippen molar-refractivity contribution in [3.63, 3.8) is 0 Å². The van der Waals surface area contributed by atoms with Crippen LogP contribution in [-0.2, 0) is 6.54 Å². The molecule has 0 atom stereocenters. The van der Waals surface area contributed by atoms with E-state index in [9.17, 15) is 9.18 Å². The molecular formula is C22H29FN4O. The van der Waals surface area contributed by atoms with Crippen molar-refractivity contribution >= 4 is 5.91 Å². The first-order valence-electron chi connectivity index (χ1n) is 10.3. The van der Waals surface area contributed by atoms with Crippen LogP contribution < -0.4 is 0 Å². The van der Waals surface area contributed by atoms with Gasteiger partial charge in [0, 0.05) is 37.1 Å². The number of aromatic nitrogens is 2. The molecule has 1 aromatic carbocycles. The van der Waals surface area contributed by atoms with Crippen LogP contribution in [0.4, 0.5) is 4.39 Å². The number of amides is 1. The van der Waals surface area contributed by atoms with Crippen molar-refractivity contribution in [2.75, 3.05) is 26.2 Å².